The van der Waals surface area contributed by atoms with Crippen LogP contribution in [0, 0.1) is 4.91 Å². The first-order valence-corrected chi connectivity index (χ1v) is 6.95. The second kappa shape index (κ2) is 6.86. The van der Waals surface area contributed by atoms with E-state index in [1.54, 1.807) is 25.3 Å². The predicted octanol–water partition coefficient (Wildman–Crippen LogP) is 4.07. The molecule has 0 aliphatic rings. The van der Waals surface area contributed by atoms with Crippen molar-refractivity contribution in [3.63, 3.8) is 0 Å². The first-order chi connectivity index (χ1) is 9.72. The number of benzene rings is 2. The van der Waals surface area contributed by atoms with E-state index < -0.39 is 0 Å². The van der Waals surface area contributed by atoms with Crippen LogP contribution in [0.25, 0.3) is 0 Å². The number of hydrogen-bond acceptors (Lipinski definition) is 5. The lowest BCUT2D eigenvalue weighted by Gasteiger charge is -2.03. The maximum Gasteiger partial charge on any atom is 0.173 e. The van der Waals surface area contributed by atoms with E-state index in [0.717, 1.165) is 10.6 Å². The number of thioether (sulfide) groups is 1. The fourth-order valence-corrected chi connectivity index (χ4v) is 2.43. The monoisotopic (exact) mass is 287 g/mol. The van der Waals surface area contributed by atoms with E-state index in [1.807, 2.05) is 24.3 Å². The molecule has 0 fully saturated rings. The van der Waals surface area contributed by atoms with Crippen LogP contribution in [0.15, 0.2) is 58.6 Å². The third-order valence-corrected chi connectivity index (χ3v) is 3.71. The average Bonchev–Trinajstić information content (AvgIpc) is 2.53. The van der Waals surface area contributed by atoms with Crippen molar-refractivity contribution < 1.29 is 9.53 Å². The SMILES string of the molecule is COc1ccc(SCC(=O)c2cccc(N=O)c2)cc1. The molecule has 0 saturated carbocycles. The normalized spacial score (nSPS) is 10.1. The number of carbonyl (C=O) groups excluding carboxylic acids is 1. The number of methoxy groups -OCH3 is 1. The molecule has 2 aromatic carbocycles. The number of carbonyl (C=O) groups is 1. The average molecular weight is 287 g/mol. The Morgan fingerprint density at radius 1 is 1.20 bits per heavy atom. The van der Waals surface area contributed by atoms with Crippen LogP contribution in [0.4, 0.5) is 5.69 Å². The smallest absolute Gasteiger partial charge is 0.173 e. The minimum Gasteiger partial charge on any atom is -0.497 e. The Morgan fingerprint density at radius 3 is 2.60 bits per heavy atom. The van der Waals surface area contributed by atoms with Gasteiger partial charge in [0.1, 0.15) is 11.4 Å². The van der Waals surface area contributed by atoms with Gasteiger partial charge in [-0.2, -0.15) is 0 Å². The Bertz CT molecular complexity index is 611. The lowest BCUT2D eigenvalue weighted by molar-refractivity contribution is 0.102. The molecular weight excluding hydrogens is 274 g/mol. The van der Waals surface area contributed by atoms with Crippen molar-refractivity contribution in [2.24, 2.45) is 5.18 Å². The van der Waals surface area contributed by atoms with Gasteiger partial charge >= 0.3 is 0 Å². The third kappa shape index (κ3) is 3.68. The summed E-state index contributed by atoms with van der Waals surface area (Å²) in [6.45, 7) is 0. The van der Waals surface area contributed by atoms with Gasteiger partial charge in [0.25, 0.3) is 0 Å². The molecule has 0 atom stereocenters. The van der Waals surface area contributed by atoms with Gasteiger partial charge in [-0.3, -0.25) is 4.79 Å². The second-order valence-corrected chi connectivity index (χ2v) is 5.08. The summed E-state index contributed by atoms with van der Waals surface area (Å²) in [7, 11) is 1.61. The van der Waals surface area contributed by atoms with Crippen LogP contribution in [-0.4, -0.2) is 18.6 Å². The zero-order chi connectivity index (χ0) is 14.4. The molecule has 0 aliphatic heterocycles. The molecule has 20 heavy (non-hydrogen) atoms. The van der Waals surface area contributed by atoms with Gasteiger partial charge in [0.05, 0.1) is 12.9 Å². The molecule has 0 N–H and O–H groups in total. The minimum atomic E-state index is -0.0312. The van der Waals surface area contributed by atoms with Gasteiger partial charge in [-0.25, -0.2) is 0 Å². The molecule has 0 aliphatic carbocycles. The standard InChI is InChI=1S/C15H13NO3S/c1-19-13-5-7-14(8-6-13)20-10-15(17)11-3-2-4-12(9-11)16-18/h2-9H,10H2,1H3. The van der Waals surface area contributed by atoms with Gasteiger partial charge in [0, 0.05) is 10.5 Å². The molecule has 5 heteroatoms. The van der Waals surface area contributed by atoms with E-state index in [0.29, 0.717) is 11.3 Å². The van der Waals surface area contributed by atoms with Gasteiger partial charge in [-0.15, -0.1) is 16.7 Å². The van der Waals surface area contributed by atoms with Crippen LogP contribution in [-0.2, 0) is 0 Å². The zero-order valence-corrected chi connectivity index (χ0v) is 11.7. The molecule has 2 aromatic rings. The number of nitrogens with zero attached hydrogens (tertiary/aromatic N) is 1. The van der Waals surface area contributed by atoms with E-state index in [4.69, 9.17) is 4.74 Å². The van der Waals surface area contributed by atoms with Gasteiger partial charge < -0.3 is 4.74 Å². The van der Waals surface area contributed by atoms with E-state index in [1.165, 1.54) is 17.8 Å². The molecular formula is C15H13NO3S. The van der Waals surface area contributed by atoms with Gasteiger partial charge in [0.2, 0.25) is 0 Å². The third-order valence-electron chi connectivity index (χ3n) is 2.70. The number of ketones is 1. The summed E-state index contributed by atoms with van der Waals surface area (Å²) in [6.07, 6.45) is 0. The molecule has 0 amide bonds. The summed E-state index contributed by atoms with van der Waals surface area (Å²) in [5, 5.41) is 2.83. The fraction of sp³-hybridized carbons (Fsp3) is 0.133. The summed E-state index contributed by atoms with van der Waals surface area (Å²) >= 11 is 1.44. The van der Waals surface area contributed by atoms with Crippen molar-refractivity contribution in [1.82, 2.24) is 0 Å². The Morgan fingerprint density at radius 2 is 1.95 bits per heavy atom. The molecule has 4 nitrogen and oxygen atoms in total. The summed E-state index contributed by atoms with van der Waals surface area (Å²) in [5.74, 6) is 1.07. The number of Topliss-reactive ketones (excluding diaryl/α,β-unsaturated/α-hetero) is 1. The summed E-state index contributed by atoms with van der Waals surface area (Å²) in [5.41, 5.74) is 0.772. The van der Waals surface area contributed by atoms with Crippen LogP contribution >= 0.6 is 11.8 Å². The lowest BCUT2D eigenvalue weighted by Crippen LogP contribution is -2.01. The topological polar surface area (TPSA) is 55.7 Å². The van der Waals surface area contributed by atoms with Crippen LogP contribution < -0.4 is 4.74 Å². The molecule has 0 spiro atoms. The predicted molar refractivity (Wildman–Crippen MR) is 79.9 cm³/mol. The molecule has 0 radical (unpaired) electrons. The fourth-order valence-electron chi connectivity index (χ4n) is 1.64. The van der Waals surface area contributed by atoms with Crippen molar-refractivity contribution in [3.8, 4) is 5.75 Å². The van der Waals surface area contributed by atoms with Crippen molar-refractivity contribution in [2.45, 2.75) is 4.90 Å². The molecule has 102 valence electrons. The summed E-state index contributed by atoms with van der Waals surface area (Å²) in [4.78, 5) is 23.5. The molecule has 0 heterocycles. The number of ether oxygens (including phenoxy) is 1. The maximum absolute atomic E-state index is 12.0. The van der Waals surface area contributed by atoms with E-state index in [2.05, 4.69) is 5.18 Å². The molecule has 0 saturated heterocycles. The summed E-state index contributed by atoms with van der Waals surface area (Å²) < 4.78 is 5.07. The Labute approximate surface area is 121 Å². The first-order valence-electron chi connectivity index (χ1n) is 5.96. The number of hydrogen-bond donors (Lipinski definition) is 0. The molecule has 2 rings (SSSR count). The van der Waals surface area contributed by atoms with Gasteiger partial charge in [-0.1, -0.05) is 12.1 Å². The highest BCUT2D eigenvalue weighted by atomic mass is 32.2. The molecule has 0 unspecified atom stereocenters. The second-order valence-electron chi connectivity index (χ2n) is 4.03. The maximum atomic E-state index is 12.0. The van der Waals surface area contributed by atoms with Gasteiger partial charge in [-0.05, 0) is 41.6 Å². The Kier molecular flexibility index (Phi) is 4.90. The molecule has 0 bridgehead atoms. The van der Waals surface area contributed by atoms with Crippen LogP contribution in [0.1, 0.15) is 10.4 Å². The number of nitroso groups, excluding NO2 is 1. The largest absolute Gasteiger partial charge is 0.497 e. The van der Waals surface area contributed by atoms with Crippen molar-refractivity contribution in [3.05, 3.63) is 59.0 Å². The lowest BCUT2D eigenvalue weighted by atomic mass is 10.1. The Hall–Kier alpha value is -2.14. The highest BCUT2D eigenvalue weighted by Crippen LogP contribution is 2.23. The Balaban J connectivity index is 1.98. The highest BCUT2D eigenvalue weighted by Gasteiger charge is 2.07. The van der Waals surface area contributed by atoms with Gasteiger partial charge in [0.15, 0.2) is 5.78 Å². The van der Waals surface area contributed by atoms with E-state index >= 15 is 0 Å². The number of rotatable bonds is 6. The van der Waals surface area contributed by atoms with E-state index in [9.17, 15) is 9.70 Å². The minimum absolute atomic E-state index is 0.0312. The highest BCUT2D eigenvalue weighted by molar-refractivity contribution is 8.00. The summed E-state index contributed by atoms with van der Waals surface area (Å²) in [6, 6.07) is 13.9. The van der Waals surface area contributed by atoms with Crippen LogP contribution in [0.2, 0.25) is 0 Å². The van der Waals surface area contributed by atoms with Crippen LogP contribution in [0.5, 0.6) is 5.75 Å². The first kappa shape index (κ1) is 14.3. The zero-order valence-electron chi connectivity index (χ0n) is 10.9. The quantitative estimate of drug-likeness (QED) is 0.456. The van der Waals surface area contributed by atoms with Crippen LogP contribution in [0.3, 0.4) is 0 Å². The molecule has 0 aromatic heterocycles. The van der Waals surface area contributed by atoms with Crippen molar-refractivity contribution in [1.29, 1.82) is 0 Å². The van der Waals surface area contributed by atoms with E-state index in [-0.39, 0.29) is 11.5 Å². The van der Waals surface area contributed by atoms with Crippen molar-refractivity contribution >= 4 is 23.2 Å². The van der Waals surface area contributed by atoms with Crippen molar-refractivity contribution in [2.75, 3.05) is 12.9 Å².